The van der Waals surface area contributed by atoms with Crippen molar-refractivity contribution in [3.8, 4) is 0 Å². The summed E-state index contributed by atoms with van der Waals surface area (Å²) in [5.41, 5.74) is -0.776. The van der Waals surface area contributed by atoms with Crippen LogP contribution in [0, 0.1) is 5.92 Å². The molecule has 1 aromatic heterocycles. The van der Waals surface area contributed by atoms with Gasteiger partial charge in [-0.25, -0.2) is 9.78 Å². The molecular formula is C13H16F3N3O2. The minimum absolute atomic E-state index is 0.109. The van der Waals surface area contributed by atoms with E-state index in [-0.39, 0.29) is 24.2 Å². The van der Waals surface area contributed by atoms with Crippen LogP contribution in [0.25, 0.3) is 0 Å². The summed E-state index contributed by atoms with van der Waals surface area (Å²) < 4.78 is 37.1. The van der Waals surface area contributed by atoms with Crippen molar-refractivity contribution >= 4 is 11.7 Å². The topological polar surface area (TPSA) is 65.5 Å². The number of pyridine rings is 1. The first kappa shape index (κ1) is 15.6. The number of hydrogen-bond acceptors (Lipinski definition) is 3. The van der Waals surface area contributed by atoms with Crippen LogP contribution in [0.2, 0.25) is 0 Å². The highest BCUT2D eigenvalue weighted by molar-refractivity contribution is 5.89. The summed E-state index contributed by atoms with van der Waals surface area (Å²) in [6.07, 6.45) is -2.07. The third-order valence-electron chi connectivity index (χ3n) is 3.47. The van der Waals surface area contributed by atoms with Crippen LogP contribution in [0.3, 0.4) is 0 Å². The molecule has 0 spiro atoms. The van der Waals surface area contributed by atoms with Crippen molar-refractivity contribution in [3.63, 3.8) is 0 Å². The van der Waals surface area contributed by atoms with Crippen molar-refractivity contribution in [2.45, 2.75) is 19.0 Å². The molecule has 1 fully saturated rings. The fourth-order valence-electron chi connectivity index (χ4n) is 2.16. The van der Waals surface area contributed by atoms with E-state index < -0.39 is 11.9 Å². The summed E-state index contributed by atoms with van der Waals surface area (Å²) in [7, 11) is 0. The highest BCUT2D eigenvalue weighted by Crippen LogP contribution is 2.27. The number of likely N-dealkylation sites (tertiary alicyclic amines) is 1. The Morgan fingerprint density at radius 1 is 1.38 bits per heavy atom. The van der Waals surface area contributed by atoms with Gasteiger partial charge in [-0.2, -0.15) is 13.2 Å². The Balaban J connectivity index is 1.91. The van der Waals surface area contributed by atoms with Crippen molar-refractivity contribution < 1.29 is 23.1 Å². The number of amides is 2. The van der Waals surface area contributed by atoms with E-state index in [2.05, 4.69) is 10.3 Å². The molecule has 0 radical (unpaired) electrons. The van der Waals surface area contributed by atoms with Gasteiger partial charge in [0.05, 0.1) is 11.9 Å². The van der Waals surface area contributed by atoms with Crippen LogP contribution in [0.4, 0.5) is 23.7 Å². The van der Waals surface area contributed by atoms with Crippen LogP contribution in [-0.2, 0) is 6.18 Å². The van der Waals surface area contributed by atoms with E-state index in [1.807, 2.05) is 0 Å². The monoisotopic (exact) mass is 303 g/mol. The molecule has 0 aromatic carbocycles. The molecule has 0 unspecified atom stereocenters. The zero-order valence-electron chi connectivity index (χ0n) is 11.2. The van der Waals surface area contributed by atoms with Gasteiger partial charge in [0.1, 0.15) is 5.69 Å². The molecule has 1 aliphatic heterocycles. The molecule has 5 nitrogen and oxygen atoms in total. The standard InChI is InChI=1S/C13H16F3N3O2/c14-13(15,16)11-2-1-10(7-17-11)18-12(21)19-5-3-9(8-20)4-6-19/h1-2,7,9,20H,3-6,8H2,(H,18,21). The maximum absolute atomic E-state index is 12.4. The number of aliphatic hydroxyl groups excluding tert-OH is 1. The van der Waals surface area contributed by atoms with Gasteiger partial charge in [-0.05, 0) is 30.9 Å². The molecule has 0 saturated carbocycles. The summed E-state index contributed by atoms with van der Waals surface area (Å²) in [5.74, 6) is 0.210. The van der Waals surface area contributed by atoms with Crippen LogP contribution < -0.4 is 5.32 Å². The predicted molar refractivity (Wildman–Crippen MR) is 69.6 cm³/mol. The van der Waals surface area contributed by atoms with E-state index in [0.717, 1.165) is 25.1 Å². The number of aliphatic hydroxyl groups is 1. The summed E-state index contributed by atoms with van der Waals surface area (Å²) in [4.78, 5) is 16.8. The summed E-state index contributed by atoms with van der Waals surface area (Å²) in [6.45, 7) is 1.15. The van der Waals surface area contributed by atoms with Crippen LogP contribution in [0.5, 0.6) is 0 Å². The molecule has 2 amide bonds. The molecule has 1 saturated heterocycles. The van der Waals surface area contributed by atoms with Gasteiger partial charge in [-0.3, -0.25) is 0 Å². The minimum Gasteiger partial charge on any atom is -0.396 e. The third-order valence-corrected chi connectivity index (χ3v) is 3.47. The second-order valence-electron chi connectivity index (χ2n) is 4.97. The van der Waals surface area contributed by atoms with Crippen molar-refractivity contribution in [2.24, 2.45) is 5.92 Å². The predicted octanol–water partition coefficient (Wildman–Crippen LogP) is 2.34. The molecule has 2 heterocycles. The highest BCUT2D eigenvalue weighted by Gasteiger charge is 2.32. The summed E-state index contributed by atoms with van der Waals surface area (Å²) in [6, 6.07) is 1.63. The van der Waals surface area contributed by atoms with E-state index in [4.69, 9.17) is 5.11 Å². The fourth-order valence-corrected chi connectivity index (χ4v) is 2.16. The second kappa shape index (κ2) is 6.30. The molecular weight excluding hydrogens is 287 g/mol. The van der Waals surface area contributed by atoms with Gasteiger partial charge in [0.2, 0.25) is 0 Å². The van der Waals surface area contributed by atoms with Crippen molar-refractivity contribution in [1.82, 2.24) is 9.88 Å². The zero-order chi connectivity index (χ0) is 15.5. The number of alkyl halides is 3. The Labute approximate surface area is 119 Å². The molecule has 2 N–H and O–H groups in total. The van der Waals surface area contributed by atoms with Crippen LogP contribution in [0.15, 0.2) is 18.3 Å². The number of nitrogens with zero attached hydrogens (tertiary/aromatic N) is 2. The lowest BCUT2D eigenvalue weighted by atomic mass is 9.98. The lowest BCUT2D eigenvalue weighted by molar-refractivity contribution is -0.141. The Morgan fingerprint density at radius 2 is 2.05 bits per heavy atom. The number of halogens is 3. The smallest absolute Gasteiger partial charge is 0.396 e. The molecule has 0 atom stereocenters. The van der Waals surface area contributed by atoms with Crippen molar-refractivity contribution in [2.75, 3.05) is 25.0 Å². The van der Waals surface area contributed by atoms with E-state index in [9.17, 15) is 18.0 Å². The van der Waals surface area contributed by atoms with Gasteiger partial charge in [0, 0.05) is 19.7 Å². The zero-order valence-corrected chi connectivity index (χ0v) is 11.2. The number of carbonyl (C=O) groups is 1. The molecule has 116 valence electrons. The quantitative estimate of drug-likeness (QED) is 0.881. The Bertz CT molecular complexity index is 482. The number of piperidine rings is 1. The molecule has 2 rings (SSSR count). The maximum atomic E-state index is 12.4. The number of aromatic nitrogens is 1. The minimum atomic E-state index is -4.49. The molecule has 21 heavy (non-hydrogen) atoms. The van der Waals surface area contributed by atoms with Crippen molar-refractivity contribution in [3.05, 3.63) is 24.0 Å². The average molecular weight is 303 g/mol. The van der Waals surface area contributed by atoms with Crippen LogP contribution >= 0.6 is 0 Å². The summed E-state index contributed by atoms with van der Waals surface area (Å²) in [5, 5.41) is 11.5. The maximum Gasteiger partial charge on any atom is 0.433 e. The van der Waals surface area contributed by atoms with E-state index in [1.165, 1.54) is 6.07 Å². The fraction of sp³-hybridized carbons (Fsp3) is 0.538. The lowest BCUT2D eigenvalue weighted by Crippen LogP contribution is -2.41. The molecule has 0 bridgehead atoms. The van der Waals surface area contributed by atoms with Gasteiger partial charge >= 0.3 is 12.2 Å². The van der Waals surface area contributed by atoms with Crippen LogP contribution in [-0.4, -0.2) is 40.7 Å². The number of rotatable bonds is 2. The first-order valence-electron chi connectivity index (χ1n) is 6.60. The number of anilines is 1. The molecule has 1 aromatic rings. The number of nitrogens with one attached hydrogen (secondary N) is 1. The van der Waals surface area contributed by atoms with E-state index >= 15 is 0 Å². The van der Waals surface area contributed by atoms with Gasteiger partial charge in [0.15, 0.2) is 0 Å². The van der Waals surface area contributed by atoms with Gasteiger partial charge in [0.25, 0.3) is 0 Å². The van der Waals surface area contributed by atoms with E-state index in [1.54, 1.807) is 4.90 Å². The highest BCUT2D eigenvalue weighted by atomic mass is 19.4. The number of hydrogen-bond donors (Lipinski definition) is 2. The lowest BCUT2D eigenvalue weighted by Gasteiger charge is -2.31. The first-order valence-corrected chi connectivity index (χ1v) is 6.60. The second-order valence-corrected chi connectivity index (χ2v) is 4.97. The van der Waals surface area contributed by atoms with Gasteiger partial charge < -0.3 is 15.3 Å². The first-order chi connectivity index (χ1) is 9.90. The average Bonchev–Trinajstić information content (AvgIpc) is 2.47. The number of carbonyl (C=O) groups excluding carboxylic acids is 1. The molecule has 8 heteroatoms. The van der Waals surface area contributed by atoms with E-state index in [0.29, 0.717) is 13.1 Å². The third kappa shape index (κ3) is 4.07. The summed E-state index contributed by atoms with van der Waals surface area (Å²) >= 11 is 0. The normalized spacial score (nSPS) is 16.9. The molecule has 1 aliphatic rings. The van der Waals surface area contributed by atoms with Gasteiger partial charge in [-0.1, -0.05) is 0 Å². The van der Waals surface area contributed by atoms with Gasteiger partial charge in [-0.15, -0.1) is 0 Å². The van der Waals surface area contributed by atoms with Crippen molar-refractivity contribution in [1.29, 1.82) is 0 Å². The molecule has 0 aliphatic carbocycles. The Kier molecular flexibility index (Phi) is 4.66. The SMILES string of the molecule is O=C(Nc1ccc(C(F)(F)F)nc1)N1CCC(CO)CC1. The Hall–Kier alpha value is -1.83. The van der Waals surface area contributed by atoms with Crippen LogP contribution in [0.1, 0.15) is 18.5 Å². The Morgan fingerprint density at radius 3 is 2.52 bits per heavy atom. The largest absolute Gasteiger partial charge is 0.433 e. The number of urea groups is 1.